The average molecular weight is 469 g/mol. The maximum absolute atomic E-state index is 13.6. The topological polar surface area (TPSA) is 84.9 Å². The SMILES string of the molecule is COc1ccc([C@@H](C)NC(=O)CN(c2cc(C)ccc2OC)S(=O)(=O)c2ccccc2)cc1. The molecule has 1 amide bonds. The van der Waals surface area contributed by atoms with E-state index in [9.17, 15) is 13.2 Å². The highest BCUT2D eigenvalue weighted by Crippen LogP contribution is 2.33. The molecule has 174 valence electrons. The van der Waals surface area contributed by atoms with Gasteiger partial charge in [-0.2, -0.15) is 0 Å². The summed E-state index contributed by atoms with van der Waals surface area (Å²) in [7, 11) is -0.982. The van der Waals surface area contributed by atoms with Crippen molar-refractivity contribution in [2.75, 3.05) is 25.1 Å². The number of hydrogen-bond donors (Lipinski definition) is 1. The van der Waals surface area contributed by atoms with Crippen molar-refractivity contribution < 1.29 is 22.7 Å². The largest absolute Gasteiger partial charge is 0.497 e. The summed E-state index contributed by atoms with van der Waals surface area (Å²) in [4.78, 5) is 13.1. The van der Waals surface area contributed by atoms with Crippen LogP contribution in [-0.2, 0) is 14.8 Å². The van der Waals surface area contributed by atoms with Crippen LogP contribution >= 0.6 is 0 Å². The Hall–Kier alpha value is -3.52. The number of amides is 1. The molecule has 33 heavy (non-hydrogen) atoms. The number of carbonyl (C=O) groups excluding carboxylic acids is 1. The number of nitrogens with zero attached hydrogens (tertiary/aromatic N) is 1. The fraction of sp³-hybridized carbons (Fsp3) is 0.240. The van der Waals surface area contributed by atoms with Crippen LogP contribution in [0.4, 0.5) is 5.69 Å². The second-order valence-electron chi connectivity index (χ2n) is 7.56. The molecule has 0 aromatic heterocycles. The second kappa shape index (κ2) is 10.4. The van der Waals surface area contributed by atoms with Crippen LogP contribution in [-0.4, -0.2) is 35.1 Å². The van der Waals surface area contributed by atoms with Gasteiger partial charge in [0.1, 0.15) is 18.0 Å². The zero-order chi connectivity index (χ0) is 24.0. The number of anilines is 1. The third kappa shape index (κ3) is 5.64. The summed E-state index contributed by atoms with van der Waals surface area (Å²) in [5, 5.41) is 2.88. The van der Waals surface area contributed by atoms with E-state index in [1.807, 2.05) is 44.2 Å². The van der Waals surface area contributed by atoms with Crippen LogP contribution in [0.5, 0.6) is 11.5 Å². The van der Waals surface area contributed by atoms with Crippen molar-refractivity contribution in [3.8, 4) is 11.5 Å². The maximum Gasteiger partial charge on any atom is 0.264 e. The highest BCUT2D eigenvalue weighted by Gasteiger charge is 2.30. The lowest BCUT2D eigenvalue weighted by molar-refractivity contribution is -0.120. The van der Waals surface area contributed by atoms with Crippen LogP contribution in [0.25, 0.3) is 0 Å². The fourth-order valence-electron chi connectivity index (χ4n) is 3.41. The number of methoxy groups -OCH3 is 2. The molecule has 0 spiro atoms. The molecule has 0 radical (unpaired) electrons. The predicted octanol–water partition coefficient (Wildman–Crippen LogP) is 4.08. The van der Waals surface area contributed by atoms with Gasteiger partial charge >= 0.3 is 0 Å². The molecule has 0 aliphatic heterocycles. The number of benzene rings is 3. The number of nitrogens with one attached hydrogen (secondary N) is 1. The lowest BCUT2D eigenvalue weighted by atomic mass is 10.1. The molecule has 0 bridgehead atoms. The van der Waals surface area contributed by atoms with E-state index >= 15 is 0 Å². The quantitative estimate of drug-likeness (QED) is 0.511. The van der Waals surface area contributed by atoms with Crippen molar-refractivity contribution in [1.82, 2.24) is 5.32 Å². The maximum atomic E-state index is 13.6. The van der Waals surface area contributed by atoms with Gasteiger partial charge in [-0.3, -0.25) is 9.10 Å². The second-order valence-corrected chi connectivity index (χ2v) is 9.42. The Morgan fingerprint density at radius 1 is 0.970 bits per heavy atom. The van der Waals surface area contributed by atoms with Gasteiger partial charge in [-0.1, -0.05) is 36.4 Å². The van der Waals surface area contributed by atoms with E-state index in [0.29, 0.717) is 17.2 Å². The Kier molecular flexibility index (Phi) is 7.60. The summed E-state index contributed by atoms with van der Waals surface area (Å²) < 4.78 is 38.8. The van der Waals surface area contributed by atoms with Crippen LogP contribution in [0.3, 0.4) is 0 Å². The molecule has 0 saturated heterocycles. The van der Waals surface area contributed by atoms with Crippen molar-refractivity contribution in [3.05, 3.63) is 83.9 Å². The number of sulfonamides is 1. The first kappa shape index (κ1) is 24.1. The van der Waals surface area contributed by atoms with Gasteiger partial charge in [0, 0.05) is 0 Å². The molecular weight excluding hydrogens is 440 g/mol. The molecule has 0 saturated carbocycles. The minimum absolute atomic E-state index is 0.0876. The summed E-state index contributed by atoms with van der Waals surface area (Å²) >= 11 is 0. The Morgan fingerprint density at radius 3 is 2.24 bits per heavy atom. The standard InChI is InChI=1S/C25H28N2O5S/c1-18-10-15-24(32-4)23(16-18)27(33(29,30)22-8-6-5-7-9-22)17-25(28)26-19(2)20-11-13-21(31-3)14-12-20/h5-16,19H,17H2,1-4H3,(H,26,28)/t19-/m1/s1. The molecule has 3 aromatic rings. The normalized spacial score (nSPS) is 12.0. The fourth-order valence-corrected chi connectivity index (χ4v) is 4.85. The zero-order valence-corrected chi connectivity index (χ0v) is 19.9. The molecule has 0 unspecified atom stereocenters. The summed E-state index contributed by atoms with van der Waals surface area (Å²) in [5.74, 6) is 0.626. The van der Waals surface area contributed by atoms with Gasteiger partial charge in [-0.15, -0.1) is 0 Å². The first-order chi connectivity index (χ1) is 15.8. The van der Waals surface area contributed by atoms with Gasteiger partial charge < -0.3 is 14.8 Å². The van der Waals surface area contributed by atoms with Crippen molar-refractivity contribution in [3.63, 3.8) is 0 Å². The first-order valence-electron chi connectivity index (χ1n) is 10.4. The van der Waals surface area contributed by atoms with E-state index in [-0.39, 0.29) is 10.9 Å². The van der Waals surface area contributed by atoms with Gasteiger partial charge in [-0.25, -0.2) is 8.42 Å². The summed E-state index contributed by atoms with van der Waals surface area (Å²) in [5.41, 5.74) is 2.01. The Labute approximate surface area is 195 Å². The van der Waals surface area contributed by atoms with Gasteiger partial charge in [0.15, 0.2) is 0 Å². The average Bonchev–Trinajstić information content (AvgIpc) is 2.83. The van der Waals surface area contributed by atoms with Crippen molar-refractivity contribution in [2.45, 2.75) is 24.8 Å². The number of aryl methyl sites for hydroxylation is 1. The van der Waals surface area contributed by atoms with E-state index < -0.39 is 22.5 Å². The Bertz CT molecular complexity index is 1200. The van der Waals surface area contributed by atoms with Crippen molar-refractivity contribution in [1.29, 1.82) is 0 Å². The van der Waals surface area contributed by atoms with Crippen LogP contribution in [0.15, 0.2) is 77.7 Å². The summed E-state index contributed by atoms with van der Waals surface area (Å²) in [6, 6.07) is 20.2. The summed E-state index contributed by atoms with van der Waals surface area (Å²) in [6.45, 7) is 3.28. The number of rotatable bonds is 9. The lowest BCUT2D eigenvalue weighted by Gasteiger charge is -2.26. The minimum atomic E-state index is -4.03. The summed E-state index contributed by atoms with van der Waals surface area (Å²) in [6.07, 6.45) is 0. The molecule has 1 atom stereocenters. The monoisotopic (exact) mass is 468 g/mol. The highest BCUT2D eigenvalue weighted by molar-refractivity contribution is 7.92. The minimum Gasteiger partial charge on any atom is -0.497 e. The van der Waals surface area contributed by atoms with Gasteiger partial charge in [0.25, 0.3) is 10.0 Å². The number of ether oxygens (including phenoxy) is 2. The van der Waals surface area contributed by atoms with Crippen molar-refractivity contribution >= 4 is 21.6 Å². The third-order valence-electron chi connectivity index (χ3n) is 5.21. The molecule has 0 aliphatic carbocycles. The van der Waals surface area contributed by atoms with E-state index in [1.165, 1.54) is 19.2 Å². The molecule has 1 N–H and O–H groups in total. The molecule has 3 aromatic carbocycles. The molecule has 0 aliphatic rings. The highest BCUT2D eigenvalue weighted by atomic mass is 32.2. The molecular formula is C25H28N2O5S. The Morgan fingerprint density at radius 2 is 1.64 bits per heavy atom. The van der Waals surface area contributed by atoms with E-state index in [4.69, 9.17) is 9.47 Å². The number of hydrogen-bond acceptors (Lipinski definition) is 5. The molecule has 0 fully saturated rings. The molecule has 8 heteroatoms. The van der Waals surface area contributed by atoms with E-state index in [0.717, 1.165) is 15.4 Å². The molecule has 3 rings (SSSR count). The first-order valence-corrected chi connectivity index (χ1v) is 11.9. The van der Waals surface area contributed by atoms with Gasteiger partial charge in [-0.05, 0) is 61.4 Å². The smallest absolute Gasteiger partial charge is 0.264 e. The van der Waals surface area contributed by atoms with Gasteiger partial charge in [0.05, 0.1) is 30.8 Å². The third-order valence-corrected chi connectivity index (χ3v) is 6.99. The van der Waals surface area contributed by atoms with Crippen LogP contribution in [0, 0.1) is 6.92 Å². The number of carbonyl (C=O) groups is 1. The molecule has 7 nitrogen and oxygen atoms in total. The zero-order valence-electron chi connectivity index (χ0n) is 19.1. The van der Waals surface area contributed by atoms with Crippen LogP contribution < -0.4 is 19.1 Å². The van der Waals surface area contributed by atoms with Crippen LogP contribution in [0.2, 0.25) is 0 Å². The molecule has 0 heterocycles. The van der Waals surface area contributed by atoms with Crippen molar-refractivity contribution in [2.24, 2.45) is 0 Å². The van der Waals surface area contributed by atoms with E-state index in [2.05, 4.69) is 5.32 Å². The van der Waals surface area contributed by atoms with Crippen LogP contribution in [0.1, 0.15) is 24.1 Å². The Balaban J connectivity index is 1.93. The van der Waals surface area contributed by atoms with Gasteiger partial charge in [0.2, 0.25) is 5.91 Å². The van der Waals surface area contributed by atoms with E-state index in [1.54, 1.807) is 37.4 Å². The lowest BCUT2D eigenvalue weighted by Crippen LogP contribution is -2.41. The predicted molar refractivity (Wildman–Crippen MR) is 128 cm³/mol.